The number of amides is 2. The van der Waals surface area contributed by atoms with Gasteiger partial charge in [-0.1, -0.05) is 30.3 Å². The van der Waals surface area contributed by atoms with E-state index in [0.29, 0.717) is 18.7 Å². The van der Waals surface area contributed by atoms with Crippen molar-refractivity contribution < 1.29 is 14.3 Å². The third-order valence-electron chi connectivity index (χ3n) is 3.25. The maximum absolute atomic E-state index is 11.9. The normalized spacial score (nSPS) is 10.1. The molecule has 2 rings (SSSR count). The molecule has 0 aliphatic heterocycles. The van der Waals surface area contributed by atoms with Crippen molar-refractivity contribution >= 4 is 23.4 Å². The second kappa shape index (κ2) is 9.24. The molecular formula is C17H21N5O3. The molecule has 5 N–H and O–H groups in total. The van der Waals surface area contributed by atoms with Gasteiger partial charge in [0.15, 0.2) is 0 Å². The SMILES string of the molecule is COCCOC(=N)c1cnc(NC(=O)NCc2ccccc2)cc1N. The zero-order valence-corrected chi connectivity index (χ0v) is 13.9. The highest BCUT2D eigenvalue weighted by atomic mass is 16.5. The molecule has 25 heavy (non-hydrogen) atoms. The van der Waals surface area contributed by atoms with E-state index in [0.717, 1.165) is 5.56 Å². The third kappa shape index (κ3) is 5.78. The number of ether oxygens (including phenoxy) is 2. The Hall–Kier alpha value is -3.13. The highest BCUT2D eigenvalue weighted by Crippen LogP contribution is 2.16. The molecular weight excluding hydrogens is 322 g/mol. The van der Waals surface area contributed by atoms with Crippen LogP contribution in [0.4, 0.5) is 16.3 Å². The molecule has 2 amide bonds. The van der Waals surface area contributed by atoms with E-state index in [1.54, 1.807) is 7.11 Å². The number of pyridine rings is 1. The Kier molecular flexibility index (Phi) is 6.73. The summed E-state index contributed by atoms with van der Waals surface area (Å²) in [5.74, 6) is 0.193. The molecule has 0 atom stereocenters. The number of nitrogens with two attached hydrogens (primary N) is 1. The summed E-state index contributed by atoms with van der Waals surface area (Å²) in [6.45, 7) is 1.02. The Morgan fingerprint density at radius 2 is 2.04 bits per heavy atom. The molecule has 0 fully saturated rings. The predicted octanol–water partition coefficient (Wildman–Crippen LogP) is 1.97. The van der Waals surface area contributed by atoms with Gasteiger partial charge in [0.1, 0.15) is 12.4 Å². The molecule has 0 saturated carbocycles. The Labute approximate surface area is 145 Å². The van der Waals surface area contributed by atoms with Gasteiger partial charge in [0.05, 0.1) is 12.2 Å². The number of nitrogens with one attached hydrogen (secondary N) is 3. The minimum Gasteiger partial charge on any atom is -0.475 e. The molecule has 8 heteroatoms. The van der Waals surface area contributed by atoms with Gasteiger partial charge in [-0.3, -0.25) is 10.7 Å². The van der Waals surface area contributed by atoms with E-state index >= 15 is 0 Å². The molecule has 0 saturated heterocycles. The molecule has 0 bridgehead atoms. The Morgan fingerprint density at radius 3 is 2.72 bits per heavy atom. The predicted molar refractivity (Wildman–Crippen MR) is 95.6 cm³/mol. The zero-order valence-electron chi connectivity index (χ0n) is 13.9. The van der Waals surface area contributed by atoms with Crippen molar-refractivity contribution in [2.24, 2.45) is 0 Å². The van der Waals surface area contributed by atoms with Crippen LogP contribution in [0.1, 0.15) is 11.1 Å². The van der Waals surface area contributed by atoms with E-state index in [-0.39, 0.29) is 24.0 Å². The van der Waals surface area contributed by atoms with Crippen LogP contribution in [0.2, 0.25) is 0 Å². The molecule has 132 valence electrons. The minimum absolute atomic E-state index is 0.0953. The number of aromatic nitrogens is 1. The number of benzene rings is 1. The first-order chi connectivity index (χ1) is 12.1. The number of nitrogens with zero attached hydrogens (tertiary/aromatic N) is 1. The maximum Gasteiger partial charge on any atom is 0.320 e. The summed E-state index contributed by atoms with van der Waals surface area (Å²) in [5.41, 5.74) is 7.53. The molecule has 1 aromatic carbocycles. The molecule has 0 spiro atoms. The van der Waals surface area contributed by atoms with Crippen molar-refractivity contribution in [3.8, 4) is 0 Å². The van der Waals surface area contributed by atoms with E-state index in [1.807, 2.05) is 30.3 Å². The average Bonchev–Trinajstić information content (AvgIpc) is 2.61. The summed E-state index contributed by atoms with van der Waals surface area (Å²) in [6.07, 6.45) is 1.39. The van der Waals surface area contributed by atoms with Gasteiger partial charge in [0, 0.05) is 31.6 Å². The fourth-order valence-electron chi connectivity index (χ4n) is 1.97. The standard InChI is InChI=1S/C17H21N5O3/c1-24-7-8-25-16(19)13-11-20-15(9-14(13)18)22-17(23)21-10-12-5-3-2-4-6-12/h2-6,9,11,19H,7-8,10H2,1H3,(H4,18,20,21,22,23). The van der Waals surface area contributed by atoms with Crippen LogP contribution in [-0.4, -0.2) is 37.2 Å². The van der Waals surface area contributed by atoms with E-state index in [4.69, 9.17) is 20.6 Å². The number of hydrogen-bond donors (Lipinski definition) is 4. The largest absolute Gasteiger partial charge is 0.475 e. The van der Waals surface area contributed by atoms with Crippen molar-refractivity contribution in [2.45, 2.75) is 6.54 Å². The number of nitrogen functional groups attached to an aromatic ring is 1. The second-order valence-corrected chi connectivity index (χ2v) is 5.12. The summed E-state index contributed by atoms with van der Waals surface area (Å²) < 4.78 is 10.0. The van der Waals surface area contributed by atoms with E-state index in [9.17, 15) is 4.79 Å². The van der Waals surface area contributed by atoms with Crippen molar-refractivity contribution in [1.82, 2.24) is 10.3 Å². The first-order valence-electron chi connectivity index (χ1n) is 7.65. The summed E-state index contributed by atoms with van der Waals surface area (Å²) in [4.78, 5) is 16.0. The van der Waals surface area contributed by atoms with E-state index in [2.05, 4.69) is 15.6 Å². The zero-order chi connectivity index (χ0) is 18.1. The number of anilines is 2. The lowest BCUT2D eigenvalue weighted by Gasteiger charge is -2.11. The lowest BCUT2D eigenvalue weighted by Crippen LogP contribution is -2.28. The van der Waals surface area contributed by atoms with Crippen LogP contribution in [0.5, 0.6) is 0 Å². The van der Waals surface area contributed by atoms with Gasteiger partial charge in [-0.25, -0.2) is 9.78 Å². The van der Waals surface area contributed by atoms with E-state index < -0.39 is 6.03 Å². The van der Waals surface area contributed by atoms with Gasteiger partial charge in [-0.15, -0.1) is 0 Å². The topological polar surface area (TPSA) is 122 Å². The van der Waals surface area contributed by atoms with Gasteiger partial charge >= 0.3 is 6.03 Å². The molecule has 1 heterocycles. The molecule has 2 aromatic rings. The molecule has 0 radical (unpaired) electrons. The first-order valence-corrected chi connectivity index (χ1v) is 7.65. The number of carbonyl (C=O) groups excluding carboxylic acids is 1. The summed E-state index contributed by atoms with van der Waals surface area (Å²) >= 11 is 0. The van der Waals surface area contributed by atoms with Crippen LogP contribution in [0.15, 0.2) is 42.6 Å². The third-order valence-corrected chi connectivity index (χ3v) is 3.25. The Bertz CT molecular complexity index is 721. The van der Waals surface area contributed by atoms with Gasteiger partial charge in [-0.05, 0) is 5.56 Å². The van der Waals surface area contributed by atoms with Crippen LogP contribution in [-0.2, 0) is 16.0 Å². The van der Waals surface area contributed by atoms with Crippen molar-refractivity contribution in [2.75, 3.05) is 31.4 Å². The smallest absolute Gasteiger partial charge is 0.320 e. The van der Waals surface area contributed by atoms with Crippen molar-refractivity contribution in [3.63, 3.8) is 0 Å². The number of carbonyl (C=O) groups is 1. The Morgan fingerprint density at radius 1 is 1.28 bits per heavy atom. The van der Waals surface area contributed by atoms with Crippen LogP contribution < -0.4 is 16.4 Å². The fourth-order valence-corrected chi connectivity index (χ4v) is 1.97. The minimum atomic E-state index is -0.394. The van der Waals surface area contributed by atoms with Gasteiger partial charge in [0.25, 0.3) is 0 Å². The molecule has 0 unspecified atom stereocenters. The summed E-state index contributed by atoms with van der Waals surface area (Å²) in [6, 6.07) is 10.6. The maximum atomic E-state index is 11.9. The average molecular weight is 343 g/mol. The lowest BCUT2D eigenvalue weighted by atomic mass is 10.2. The quantitative estimate of drug-likeness (QED) is 0.348. The summed E-state index contributed by atoms with van der Waals surface area (Å²) in [7, 11) is 1.55. The molecule has 0 aliphatic rings. The first kappa shape index (κ1) is 18.2. The fraction of sp³-hybridized carbons (Fsp3) is 0.235. The van der Waals surface area contributed by atoms with E-state index in [1.165, 1.54) is 12.3 Å². The molecule has 8 nitrogen and oxygen atoms in total. The number of rotatable bonds is 7. The van der Waals surface area contributed by atoms with Gasteiger partial charge < -0.3 is 20.5 Å². The number of methoxy groups -OCH3 is 1. The number of urea groups is 1. The van der Waals surface area contributed by atoms with Crippen LogP contribution >= 0.6 is 0 Å². The summed E-state index contributed by atoms with van der Waals surface area (Å²) in [5, 5.41) is 13.2. The van der Waals surface area contributed by atoms with Crippen LogP contribution in [0.25, 0.3) is 0 Å². The number of hydrogen-bond acceptors (Lipinski definition) is 6. The van der Waals surface area contributed by atoms with Crippen molar-refractivity contribution in [3.05, 3.63) is 53.7 Å². The Balaban J connectivity index is 1.89. The highest BCUT2D eigenvalue weighted by Gasteiger charge is 2.10. The van der Waals surface area contributed by atoms with Gasteiger partial charge in [-0.2, -0.15) is 0 Å². The molecule has 0 aliphatic carbocycles. The van der Waals surface area contributed by atoms with Gasteiger partial charge in [0.2, 0.25) is 5.90 Å². The monoisotopic (exact) mass is 343 g/mol. The lowest BCUT2D eigenvalue weighted by molar-refractivity contribution is 0.141. The van der Waals surface area contributed by atoms with Crippen molar-refractivity contribution in [1.29, 1.82) is 5.41 Å². The van der Waals surface area contributed by atoms with Crippen LogP contribution in [0, 0.1) is 5.41 Å². The van der Waals surface area contributed by atoms with Crippen LogP contribution in [0.3, 0.4) is 0 Å². The molecule has 1 aromatic heterocycles. The second-order valence-electron chi connectivity index (χ2n) is 5.12. The highest BCUT2D eigenvalue weighted by molar-refractivity contribution is 5.97.